The molecular formula is C38H44O8. The number of rotatable bonds is 6. The van der Waals surface area contributed by atoms with Gasteiger partial charge < -0.3 is 24.1 Å². The zero-order chi connectivity index (χ0) is 32.9. The summed E-state index contributed by atoms with van der Waals surface area (Å²) in [7, 11) is 0. The number of phenols is 1. The van der Waals surface area contributed by atoms with Gasteiger partial charge in [-0.05, 0) is 84.6 Å². The van der Waals surface area contributed by atoms with Crippen LogP contribution in [0.4, 0.5) is 0 Å². The fraction of sp³-hybridized carbons (Fsp3) is 0.605. The van der Waals surface area contributed by atoms with Crippen molar-refractivity contribution >= 4 is 18.0 Å². The average Bonchev–Trinajstić information content (AvgIpc) is 3.12. The molecule has 0 radical (unpaired) electrons. The molecule has 3 heterocycles. The van der Waals surface area contributed by atoms with Crippen molar-refractivity contribution in [2.75, 3.05) is 0 Å². The highest BCUT2D eigenvalue weighted by atomic mass is 16.6. The molecule has 3 aliphatic heterocycles. The molecule has 8 bridgehead atoms. The number of aromatic hydroxyl groups is 1. The number of carbonyl (C=O) groups excluding carboxylic acids is 3. The summed E-state index contributed by atoms with van der Waals surface area (Å²) in [4.78, 5) is 40.5. The van der Waals surface area contributed by atoms with Gasteiger partial charge in [0.1, 0.15) is 34.2 Å². The normalized spacial score (nSPS) is 39.5. The van der Waals surface area contributed by atoms with Crippen LogP contribution in [-0.2, 0) is 25.5 Å². The van der Waals surface area contributed by atoms with Crippen LogP contribution in [0.15, 0.2) is 35.1 Å². The lowest BCUT2D eigenvalue weighted by Gasteiger charge is -2.70. The summed E-state index contributed by atoms with van der Waals surface area (Å²) >= 11 is 0. The van der Waals surface area contributed by atoms with Crippen LogP contribution in [-0.4, -0.2) is 45.5 Å². The Bertz CT molecular complexity index is 1740. The van der Waals surface area contributed by atoms with Crippen LogP contribution in [0.25, 0.3) is 0 Å². The number of hydrogen-bond acceptors (Lipinski definition) is 8. The Kier molecular flexibility index (Phi) is 5.83. The van der Waals surface area contributed by atoms with Gasteiger partial charge in [-0.15, -0.1) is 0 Å². The summed E-state index contributed by atoms with van der Waals surface area (Å²) in [6.07, 6.45) is 8.48. The minimum Gasteiger partial charge on any atom is -0.507 e. The van der Waals surface area contributed by atoms with E-state index in [2.05, 4.69) is 26.8 Å². The van der Waals surface area contributed by atoms with E-state index in [1.165, 1.54) is 0 Å². The van der Waals surface area contributed by atoms with E-state index in [-0.39, 0.29) is 52.5 Å². The van der Waals surface area contributed by atoms with Crippen LogP contribution in [0.1, 0.15) is 108 Å². The molecule has 8 atom stereocenters. The third-order valence-corrected chi connectivity index (χ3v) is 13.1. The Morgan fingerprint density at radius 1 is 1.07 bits per heavy atom. The Morgan fingerprint density at radius 2 is 1.80 bits per heavy atom. The van der Waals surface area contributed by atoms with Gasteiger partial charge in [-0.1, -0.05) is 31.6 Å². The topological polar surface area (TPSA) is 108 Å². The number of hydrogen-bond donors (Lipinski definition) is 1. The van der Waals surface area contributed by atoms with Crippen LogP contribution in [0.2, 0.25) is 0 Å². The van der Waals surface area contributed by atoms with Crippen LogP contribution >= 0.6 is 0 Å². The first kappa shape index (κ1) is 30.0. The van der Waals surface area contributed by atoms with Crippen molar-refractivity contribution in [3.05, 3.63) is 51.8 Å². The van der Waals surface area contributed by atoms with E-state index >= 15 is 0 Å². The fourth-order valence-corrected chi connectivity index (χ4v) is 11.3. The lowest BCUT2D eigenvalue weighted by atomic mass is 9.37. The van der Waals surface area contributed by atoms with E-state index in [9.17, 15) is 19.5 Å². The van der Waals surface area contributed by atoms with E-state index < -0.39 is 28.3 Å². The maximum Gasteiger partial charge on any atom is 0.298 e. The highest BCUT2D eigenvalue weighted by Crippen LogP contribution is 2.76. The fourth-order valence-electron chi connectivity index (χ4n) is 11.3. The number of fused-ring (bicyclic) bond motifs is 3. The monoisotopic (exact) mass is 628 g/mol. The number of carbonyl (C=O) groups is 3. The van der Waals surface area contributed by atoms with Gasteiger partial charge in [0, 0.05) is 46.8 Å². The molecule has 1 aromatic rings. The van der Waals surface area contributed by atoms with E-state index in [1.807, 2.05) is 27.7 Å². The maximum atomic E-state index is 15.0. The first-order valence-corrected chi connectivity index (χ1v) is 16.8. The molecule has 1 saturated heterocycles. The molecule has 8 nitrogen and oxygen atoms in total. The van der Waals surface area contributed by atoms with Gasteiger partial charge in [-0.25, -0.2) is 0 Å². The van der Waals surface area contributed by atoms with E-state index in [4.69, 9.17) is 18.9 Å². The summed E-state index contributed by atoms with van der Waals surface area (Å²) in [5.74, 6) is 0.590. The van der Waals surface area contributed by atoms with Crippen molar-refractivity contribution in [1.82, 2.24) is 0 Å². The molecule has 9 aliphatic rings. The van der Waals surface area contributed by atoms with Gasteiger partial charge in [-0.2, -0.15) is 0 Å². The first-order chi connectivity index (χ1) is 21.6. The van der Waals surface area contributed by atoms with E-state index in [0.29, 0.717) is 48.1 Å². The number of benzene rings is 1. The summed E-state index contributed by atoms with van der Waals surface area (Å²) in [6.45, 7) is 16.8. The number of ketones is 2. The van der Waals surface area contributed by atoms with E-state index in [0.717, 1.165) is 29.5 Å². The van der Waals surface area contributed by atoms with Crippen molar-refractivity contribution in [3.63, 3.8) is 0 Å². The van der Waals surface area contributed by atoms with Gasteiger partial charge in [-0.3, -0.25) is 14.4 Å². The van der Waals surface area contributed by atoms with Crippen molar-refractivity contribution in [1.29, 1.82) is 0 Å². The predicted octanol–water partition coefficient (Wildman–Crippen LogP) is 6.68. The molecule has 8 heteroatoms. The molecule has 0 aromatic heterocycles. The number of allylic oxidation sites excluding steroid dienone is 4. The van der Waals surface area contributed by atoms with Crippen LogP contribution in [0.3, 0.4) is 0 Å². The van der Waals surface area contributed by atoms with Crippen LogP contribution in [0, 0.1) is 29.1 Å². The summed E-state index contributed by atoms with van der Waals surface area (Å²) in [5, 5.41) is 12.2. The number of phenolic OH excluding ortho intramolecular Hbond substituents is 1. The largest absolute Gasteiger partial charge is 0.507 e. The number of ether oxygens (including phenoxy) is 4. The summed E-state index contributed by atoms with van der Waals surface area (Å²) in [6, 6.07) is 0. The first-order valence-electron chi connectivity index (χ1n) is 16.8. The Morgan fingerprint density at radius 3 is 2.48 bits per heavy atom. The molecular weight excluding hydrogens is 584 g/mol. The SMILES string of the molecule is CC(C)=CCc1c2c(c(O)c3c1O[C@]1(C)CCC4C3C1C4(C)C)C(=O)C1=CC3CC4C(C)(C)O[C@](C/C=C(/C)OC=O)(C3=O)[C@@]14O2. The molecule has 10 rings (SSSR count). The zero-order valence-corrected chi connectivity index (χ0v) is 28.0. The van der Waals surface area contributed by atoms with E-state index in [1.54, 1.807) is 19.1 Å². The van der Waals surface area contributed by atoms with Crippen molar-refractivity contribution in [2.24, 2.45) is 29.1 Å². The van der Waals surface area contributed by atoms with Gasteiger partial charge in [0.15, 0.2) is 22.8 Å². The Labute approximate surface area is 270 Å². The standard InChI is InChI=1S/C38H44O8/c1-18(2)9-10-21-30-26(25-22-12-13-36(8,44-30)32(25)34(22,4)5)29(41)27-28(40)23-15-20-16-24-35(6,7)46-37(33(20)42,14-11-19(3)43-17-39)38(23,24)45-31(21)27/h9,11,15,17,20,22,24-25,32,41H,10,12-14,16H2,1-8H3/b19-11-/t20?,22?,24?,25?,32?,36-,37-,38-/m1/s1. The van der Waals surface area contributed by atoms with Crippen molar-refractivity contribution in [2.45, 2.75) is 116 Å². The zero-order valence-electron chi connectivity index (χ0n) is 28.0. The second-order valence-electron chi connectivity index (χ2n) is 16.4. The molecule has 5 unspecified atom stereocenters. The summed E-state index contributed by atoms with van der Waals surface area (Å²) < 4.78 is 26.2. The lowest BCUT2D eigenvalue weighted by molar-refractivity contribution is -0.214. The third-order valence-electron chi connectivity index (χ3n) is 13.1. The van der Waals surface area contributed by atoms with Gasteiger partial charge in [0.25, 0.3) is 6.47 Å². The second-order valence-corrected chi connectivity index (χ2v) is 16.4. The molecule has 0 amide bonds. The average molecular weight is 629 g/mol. The highest BCUT2D eigenvalue weighted by molar-refractivity contribution is 6.18. The molecule has 1 spiro atoms. The third kappa shape index (κ3) is 3.27. The molecule has 5 fully saturated rings. The molecule has 244 valence electrons. The maximum absolute atomic E-state index is 15.0. The van der Waals surface area contributed by atoms with Crippen LogP contribution in [0.5, 0.6) is 17.2 Å². The van der Waals surface area contributed by atoms with Gasteiger partial charge in [0.05, 0.1) is 5.60 Å². The highest BCUT2D eigenvalue weighted by Gasteiger charge is 2.81. The van der Waals surface area contributed by atoms with Gasteiger partial charge in [0.2, 0.25) is 0 Å². The molecule has 46 heavy (non-hydrogen) atoms. The van der Waals surface area contributed by atoms with Crippen LogP contribution < -0.4 is 9.47 Å². The molecule has 1 aromatic carbocycles. The molecule has 6 aliphatic carbocycles. The Balaban J connectivity index is 1.39. The number of Topliss-reactive ketones (excluding diaryl/α,β-unsaturated/α-hetero) is 2. The van der Waals surface area contributed by atoms with Gasteiger partial charge >= 0.3 is 0 Å². The molecule has 4 saturated carbocycles. The van der Waals surface area contributed by atoms with Crippen molar-refractivity contribution in [3.8, 4) is 17.2 Å². The predicted molar refractivity (Wildman–Crippen MR) is 169 cm³/mol. The summed E-state index contributed by atoms with van der Waals surface area (Å²) in [5.41, 5.74) is -0.973. The lowest BCUT2D eigenvalue weighted by Crippen LogP contribution is -2.72. The smallest absolute Gasteiger partial charge is 0.298 e. The Hall–Kier alpha value is -3.39. The van der Waals surface area contributed by atoms with Crippen molar-refractivity contribution < 1.29 is 38.4 Å². The molecule has 1 N–H and O–H groups in total. The minimum atomic E-state index is -1.52. The second kappa shape index (κ2) is 8.94. The minimum absolute atomic E-state index is 0.0457. The quantitative estimate of drug-likeness (QED) is 0.211.